The van der Waals surface area contributed by atoms with Crippen LogP contribution in [-0.4, -0.2) is 42.6 Å². The molecule has 4 N–H and O–H groups in total. The molecule has 12 heteroatoms. The highest BCUT2D eigenvalue weighted by molar-refractivity contribution is 7.80. The zero-order valence-corrected chi connectivity index (χ0v) is 23.8. The molecule has 0 radical (unpaired) electrons. The predicted octanol–water partition coefficient (Wildman–Crippen LogP) is 6.09. The van der Waals surface area contributed by atoms with Gasteiger partial charge in [0.2, 0.25) is 5.91 Å². The van der Waals surface area contributed by atoms with Crippen molar-refractivity contribution < 1.29 is 27.8 Å². The number of ether oxygens (including phenoxy) is 2. The number of hydrogen-bond donors (Lipinski definition) is 4. The molecule has 0 spiro atoms. The zero-order chi connectivity index (χ0) is 30.0. The Labute approximate surface area is 246 Å². The van der Waals surface area contributed by atoms with E-state index in [0.29, 0.717) is 53.1 Å². The molecule has 1 aliphatic rings. The summed E-state index contributed by atoms with van der Waals surface area (Å²) in [6.07, 6.45) is 2.24. The van der Waals surface area contributed by atoms with Crippen LogP contribution in [0.3, 0.4) is 0 Å². The van der Waals surface area contributed by atoms with E-state index < -0.39 is 35.7 Å². The molecule has 2 heterocycles. The molecular formula is C30H29F2N5O4S. The van der Waals surface area contributed by atoms with Gasteiger partial charge in [0.15, 0.2) is 11.6 Å². The third-order valence-electron chi connectivity index (χ3n) is 7.29. The molecule has 1 fully saturated rings. The van der Waals surface area contributed by atoms with Gasteiger partial charge in [0, 0.05) is 46.0 Å². The number of carbonyl (C=O) groups is 2. The second-order valence-corrected chi connectivity index (χ2v) is 10.3. The summed E-state index contributed by atoms with van der Waals surface area (Å²) < 4.78 is 39.5. The van der Waals surface area contributed by atoms with Crippen molar-refractivity contribution >= 4 is 52.6 Å². The lowest BCUT2D eigenvalue weighted by molar-refractivity contribution is -0.133. The number of amides is 2. The fourth-order valence-electron chi connectivity index (χ4n) is 5.24. The standard InChI is InChI=1S/C30H29F2N5O4S/c1-40-25-14-20(22(31)15-23(25)32)27(35-17-5-7-19-16(12-17)9-10-34-28(19)33)29(38)37-11-3-4-24(37)21-13-18(6-8-26(21)42)36-30(39)41-2/h5-10,12-15,24,27,35,42H,3-4,11H2,1-2H3,(H2,33,34)(H,36,39)/t24-,27+/m1/s1. The van der Waals surface area contributed by atoms with E-state index in [1.165, 1.54) is 20.3 Å². The van der Waals surface area contributed by atoms with E-state index in [0.717, 1.165) is 10.8 Å². The second-order valence-electron chi connectivity index (χ2n) is 9.80. The molecular weight excluding hydrogens is 564 g/mol. The number of anilines is 3. The van der Waals surface area contributed by atoms with E-state index in [4.69, 9.17) is 15.2 Å². The van der Waals surface area contributed by atoms with E-state index in [1.807, 2.05) is 0 Å². The lowest BCUT2D eigenvalue weighted by Gasteiger charge is -2.31. The van der Waals surface area contributed by atoms with Crippen LogP contribution in [0.1, 0.15) is 36.1 Å². The van der Waals surface area contributed by atoms with Gasteiger partial charge in [0.1, 0.15) is 17.7 Å². The van der Waals surface area contributed by atoms with Gasteiger partial charge in [-0.1, -0.05) is 0 Å². The van der Waals surface area contributed by atoms with Crippen molar-refractivity contribution in [2.75, 3.05) is 37.1 Å². The van der Waals surface area contributed by atoms with Crippen molar-refractivity contribution in [1.29, 1.82) is 0 Å². The van der Waals surface area contributed by atoms with E-state index in [1.54, 1.807) is 53.6 Å². The first-order chi connectivity index (χ1) is 20.2. The fraction of sp³-hybridized carbons (Fsp3) is 0.233. The third-order valence-corrected chi connectivity index (χ3v) is 7.70. The summed E-state index contributed by atoms with van der Waals surface area (Å²) in [6.45, 7) is 0.392. The Balaban J connectivity index is 1.55. The van der Waals surface area contributed by atoms with Crippen LogP contribution in [0.25, 0.3) is 10.8 Å². The fourth-order valence-corrected chi connectivity index (χ4v) is 5.53. The van der Waals surface area contributed by atoms with Gasteiger partial charge in [-0.25, -0.2) is 18.6 Å². The molecule has 2 amide bonds. The number of carbonyl (C=O) groups excluding carboxylic acids is 2. The normalized spacial score (nSPS) is 15.4. The maximum absolute atomic E-state index is 15.4. The summed E-state index contributed by atoms with van der Waals surface area (Å²) in [5.74, 6) is -2.05. The van der Waals surface area contributed by atoms with Gasteiger partial charge >= 0.3 is 6.09 Å². The maximum Gasteiger partial charge on any atom is 0.411 e. The Morgan fingerprint density at radius 2 is 1.86 bits per heavy atom. The quantitative estimate of drug-likeness (QED) is 0.192. The summed E-state index contributed by atoms with van der Waals surface area (Å²) in [5, 5.41) is 7.28. The van der Waals surface area contributed by atoms with Crippen molar-refractivity contribution in [2.24, 2.45) is 0 Å². The number of hydrogen-bond acceptors (Lipinski definition) is 8. The zero-order valence-electron chi connectivity index (χ0n) is 22.9. The Hall–Kier alpha value is -4.58. The molecule has 42 heavy (non-hydrogen) atoms. The predicted molar refractivity (Wildman–Crippen MR) is 159 cm³/mol. The highest BCUT2D eigenvalue weighted by Gasteiger charge is 2.37. The number of halogens is 2. The first-order valence-corrected chi connectivity index (χ1v) is 13.6. The molecule has 0 unspecified atom stereocenters. The Morgan fingerprint density at radius 3 is 2.62 bits per heavy atom. The molecule has 0 aliphatic carbocycles. The number of thiol groups is 1. The number of benzene rings is 3. The summed E-state index contributed by atoms with van der Waals surface area (Å²) in [4.78, 5) is 32.5. The average Bonchev–Trinajstić information content (AvgIpc) is 3.47. The van der Waals surface area contributed by atoms with Crippen molar-refractivity contribution in [3.63, 3.8) is 0 Å². The van der Waals surface area contributed by atoms with Crippen LogP contribution < -0.4 is 21.1 Å². The Bertz CT molecular complexity index is 1670. The van der Waals surface area contributed by atoms with Gasteiger partial charge in [-0.05, 0) is 72.3 Å². The third kappa shape index (κ3) is 5.75. The van der Waals surface area contributed by atoms with Crippen molar-refractivity contribution in [1.82, 2.24) is 9.88 Å². The number of nitrogens with one attached hydrogen (secondary N) is 2. The van der Waals surface area contributed by atoms with Gasteiger partial charge < -0.3 is 25.4 Å². The topological polar surface area (TPSA) is 119 Å². The SMILES string of the molecule is COC(=O)Nc1ccc(S)c([C@H]2CCCN2C(=O)[C@@H](Nc2ccc3c(N)nccc3c2)c2cc(OC)c(F)cc2F)c1. The Morgan fingerprint density at radius 1 is 1.07 bits per heavy atom. The van der Waals surface area contributed by atoms with E-state index >= 15 is 4.39 Å². The smallest absolute Gasteiger partial charge is 0.411 e. The molecule has 0 saturated carbocycles. The summed E-state index contributed by atoms with van der Waals surface area (Å²) in [5.41, 5.74) is 7.62. The molecule has 3 aromatic carbocycles. The first-order valence-electron chi connectivity index (χ1n) is 13.1. The van der Waals surface area contributed by atoms with Gasteiger partial charge in [0.05, 0.1) is 20.3 Å². The number of rotatable bonds is 7. The number of nitrogens with zero attached hydrogens (tertiary/aromatic N) is 2. The molecule has 1 saturated heterocycles. The number of nitrogens with two attached hydrogens (primary N) is 1. The highest BCUT2D eigenvalue weighted by Crippen LogP contribution is 2.40. The van der Waals surface area contributed by atoms with Crippen LogP contribution in [0, 0.1) is 11.6 Å². The largest absolute Gasteiger partial charge is 0.494 e. The van der Waals surface area contributed by atoms with Crippen molar-refractivity contribution in [3.8, 4) is 5.75 Å². The first kappa shape index (κ1) is 28.9. The minimum atomic E-state index is -1.24. The lowest BCUT2D eigenvalue weighted by atomic mass is 10.00. The van der Waals surface area contributed by atoms with Gasteiger partial charge in [-0.15, -0.1) is 12.6 Å². The van der Waals surface area contributed by atoms with Crippen LogP contribution in [0.2, 0.25) is 0 Å². The molecule has 1 aliphatic heterocycles. The minimum Gasteiger partial charge on any atom is -0.494 e. The van der Waals surface area contributed by atoms with Crippen molar-refractivity contribution in [3.05, 3.63) is 83.6 Å². The molecule has 218 valence electrons. The van der Waals surface area contributed by atoms with Gasteiger partial charge in [-0.3, -0.25) is 10.1 Å². The van der Waals surface area contributed by atoms with Crippen LogP contribution in [-0.2, 0) is 9.53 Å². The van der Waals surface area contributed by atoms with Crippen LogP contribution >= 0.6 is 12.6 Å². The molecule has 1 aromatic heterocycles. The molecule has 0 bridgehead atoms. The number of nitrogen functional groups attached to an aromatic ring is 1. The Kier molecular flexibility index (Phi) is 8.34. The second kappa shape index (κ2) is 12.1. The van der Waals surface area contributed by atoms with Gasteiger partial charge in [-0.2, -0.15) is 0 Å². The maximum atomic E-state index is 15.4. The monoisotopic (exact) mass is 593 g/mol. The van der Waals surface area contributed by atoms with Crippen LogP contribution in [0.4, 0.5) is 30.8 Å². The summed E-state index contributed by atoms with van der Waals surface area (Å²) >= 11 is 4.61. The molecule has 2 atom stereocenters. The summed E-state index contributed by atoms with van der Waals surface area (Å²) in [6, 6.07) is 12.4. The molecule has 9 nitrogen and oxygen atoms in total. The number of aromatic nitrogens is 1. The minimum absolute atomic E-state index is 0.0783. The number of pyridine rings is 1. The lowest BCUT2D eigenvalue weighted by Crippen LogP contribution is -2.38. The highest BCUT2D eigenvalue weighted by atomic mass is 32.1. The molecule has 4 aromatic rings. The van der Waals surface area contributed by atoms with E-state index in [9.17, 15) is 14.0 Å². The van der Waals surface area contributed by atoms with Gasteiger partial charge in [0.25, 0.3) is 0 Å². The van der Waals surface area contributed by atoms with E-state index in [-0.39, 0.29) is 11.3 Å². The van der Waals surface area contributed by atoms with Crippen molar-refractivity contribution in [2.45, 2.75) is 29.8 Å². The number of fused-ring (bicyclic) bond motifs is 1. The average molecular weight is 594 g/mol. The summed E-state index contributed by atoms with van der Waals surface area (Å²) in [7, 11) is 2.53. The van der Waals surface area contributed by atoms with Crippen LogP contribution in [0.15, 0.2) is 65.7 Å². The number of methoxy groups -OCH3 is 2. The van der Waals surface area contributed by atoms with E-state index in [2.05, 4.69) is 28.2 Å². The molecule has 5 rings (SSSR count). The number of likely N-dealkylation sites (tertiary alicyclic amines) is 1. The van der Waals surface area contributed by atoms with Crippen LogP contribution in [0.5, 0.6) is 5.75 Å².